The van der Waals surface area contributed by atoms with Crippen LogP contribution in [0.25, 0.3) is 0 Å². The molecule has 1 aromatic heterocycles. The third kappa shape index (κ3) is 4.73. The van der Waals surface area contributed by atoms with E-state index in [0.29, 0.717) is 12.2 Å². The van der Waals surface area contributed by atoms with Crippen molar-refractivity contribution in [2.75, 3.05) is 0 Å². The Kier molecular flexibility index (Phi) is 4.69. The van der Waals surface area contributed by atoms with E-state index in [1.165, 1.54) is 6.20 Å². The Morgan fingerprint density at radius 3 is 2.53 bits per heavy atom. The zero-order chi connectivity index (χ0) is 14.6. The highest BCUT2D eigenvalue weighted by molar-refractivity contribution is 5.70. The van der Waals surface area contributed by atoms with Gasteiger partial charge in [-0.25, -0.2) is 9.78 Å². The zero-order valence-corrected chi connectivity index (χ0v) is 11.9. The van der Waals surface area contributed by atoms with Gasteiger partial charge in [0.1, 0.15) is 11.6 Å². The second kappa shape index (κ2) is 5.86. The van der Waals surface area contributed by atoms with Gasteiger partial charge in [-0.3, -0.25) is 4.79 Å². The van der Waals surface area contributed by atoms with Crippen molar-refractivity contribution in [2.45, 2.75) is 46.3 Å². The molecule has 0 aromatic carbocycles. The van der Waals surface area contributed by atoms with Crippen molar-refractivity contribution in [2.24, 2.45) is 5.92 Å². The van der Waals surface area contributed by atoms with Crippen molar-refractivity contribution >= 4 is 12.4 Å². The van der Waals surface area contributed by atoms with Gasteiger partial charge in [-0.2, -0.15) is 0 Å². The summed E-state index contributed by atoms with van der Waals surface area (Å²) < 4.78 is 10.4. The van der Waals surface area contributed by atoms with Crippen LogP contribution in [0.4, 0.5) is 4.79 Å². The van der Waals surface area contributed by atoms with E-state index >= 15 is 0 Å². The lowest BCUT2D eigenvalue weighted by atomic mass is 10.1. The van der Waals surface area contributed by atoms with Crippen LogP contribution in [0.3, 0.4) is 0 Å². The molecule has 0 aliphatic heterocycles. The van der Waals surface area contributed by atoms with Gasteiger partial charge >= 0.3 is 6.09 Å². The number of hydrogen-bond donors (Lipinski definition) is 1. The number of oxazole rings is 1. The van der Waals surface area contributed by atoms with Gasteiger partial charge in [0.2, 0.25) is 5.89 Å². The SMILES string of the molecule is CC(C)[C@H](NC(=O)OC(C)(C)C)c1ncc(C=O)o1. The number of nitrogens with one attached hydrogen (secondary N) is 1. The molecule has 1 atom stereocenters. The largest absolute Gasteiger partial charge is 0.444 e. The molecule has 0 unspecified atom stereocenters. The molecule has 1 aromatic rings. The Balaban J connectivity index is 2.79. The fraction of sp³-hybridized carbons (Fsp3) is 0.615. The second-order valence-electron chi connectivity index (χ2n) is 5.59. The van der Waals surface area contributed by atoms with Gasteiger partial charge in [0.05, 0.1) is 6.20 Å². The van der Waals surface area contributed by atoms with Crippen LogP contribution in [-0.4, -0.2) is 23.0 Å². The van der Waals surface area contributed by atoms with E-state index in [9.17, 15) is 9.59 Å². The number of alkyl carbamates (subject to hydrolysis) is 1. The lowest BCUT2D eigenvalue weighted by Crippen LogP contribution is -2.37. The Morgan fingerprint density at radius 2 is 2.11 bits per heavy atom. The Hall–Kier alpha value is -1.85. The number of carbonyl (C=O) groups excluding carboxylic acids is 2. The first-order valence-electron chi connectivity index (χ1n) is 6.13. The first-order chi connectivity index (χ1) is 8.73. The Morgan fingerprint density at radius 1 is 1.47 bits per heavy atom. The summed E-state index contributed by atoms with van der Waals surface area (Å²) in [6, 6.07) is -0.441. The smallest absolute Gasteiger partial charge is 0.408 e. The van der Waals surface area contributed by atoms with Crippen molar-refractivity contribution in [3.8, 4) is 0 Å². The van der Waals surface area contributed by atoms with Gasteiger partial charge in [-0.15, -0.1) is 0 Å². The molecule has 0 saturated carbocycles. The molecule has 0 aliphatic rings. The Bertz CT molecular complexity index is 446. The van der Waals surface area contributed by atoms with Crippen LogP contribution in [0.1, 0.15) is 57.1 Å². The molecule has 1 N–H and O–H groups in total. The fourth-order valence-electron chi connectivity index (χ4n) is 1.45. The molecule has 19 heavy (non-hydrogen) atoms. The van der Waals surface area contributed by atoms with E-state index in [0.717, 1.165) is 0 Å². The van der Waals surface area contributed by atoms with Crippen LogP contribution in [0.5, 0.6) is 0 Å². The molecule has 106 valence electrons. The highest BCUT2D eigenvalue weighted by Gasteiger charge is 2.26. The lowest BCUT2D eigenvalue weighted by molar-refractivity contribution is 0.0479. The molecular formula is C13H20N2O4. The summed E-state index contributed by atoms with van der Waals surface area (Å²) in [6.07, 6.45) is 1.35. The zero-order valence-electron chi connectivity index (χ0n) is 11.9. The van der Waals surface area contributed by atoms with Crippen LogP contribution < -0.4 is 5.32 Å². The number of ether oxygens (including phenoxy) is 1. The summed E-state index contributed by atoms with van der Waals surface area (Å²) in [5.74, 6) is 0.472. The van der Waals surface area contributed by atoms with E-state index in [1.54, 1.807) is 20.8 Å². The minimum absolute atomic E-state index is 0.0469. The number of carbonyl (C=O) groups is 2. The molecule has 1 heterocycles. The third-order valence-electron chi connectivity index (χ3n) is 2.26. The van der Waals surface area contributed by atoms with E-state index in [-0.39, 0.29) is 11.7 Å². The van der Waals surface area contributed by atoms with E-state index in [1.807, 2.05) is 13.8 Å². The number of amides is 1. The van der Waals surface area contributed by atoms with Crippen molar-refractivity contribution in [3.05, 3.63) is 17.8 Å². The predicted molar refractivity (Wildman–Crippen MR) is 68.8 cm³/mol. The van der Waals surface area contributed by atoms with Crippen molar-refractivity contribution < 1.29 is 18.7 Å². The van der Waals surface area contributed by atoms with Gasteiger partial charge < -0.3 is 14.5 Å². The molecule has 0 fully saturated rings. The molecule has 6 nitrogen and oxygen atoms in total. The van der Waals surface area contributed by atoms with Crippen molar-refractivity contribution in [1.82, 2.24) is 10.3 Å². The summed E-state index contributed by atoms with van der Waals surface area (Å²) in [5, 5.41) is 2.69. The molecule has 1 rings (SSSR count). The van der Waals surface area contributed by atoms with Gasteiger partial charge in [-0.05, 0) is 26.7 Å². The summed E-state index contributed by atoms with van der Waals surface area (Å²) in [5.41, 5.74) is -0.573. The summed E-state index contributed by atoms with van der Waals surface area (Å²) in [4.78, 5) is 26.3. The Labute approximate surface area is 112 Å². The van der Waals surface area contributed by atoms with Crippen LogP contribution >= 0.6 is 0 Å². The monoisotopic (exact) mass is 268 g/mol. The number of aldehydes is 1. The lowest BCUT2D eigenvalue weighted by Gasteiger charge is -2.24. The number of rotatable bonds is 4. The van der Waals surface area contributed by atoms with Gasteiger partial charge in [0.25, 0.3) is 0 Å². The first kappa shape index (κ1) is 15.2. The molecule has 0 spiro atoms. The van der Waals surface area contributed by atoms with E-state index in [2.05, 4.69) is 10.3 Å². The topological polar surface area (TPSA) is 81.4 Å². The standard InChI is InChI=1S/C13H20N2O4/c1-8(2)10(11-14-6-9(7-16)18-11)15-12(17)19-13(3,4)5/h6-8,10H,1-5H3,(H,15,17)/t10-/m0/s1. The summed E-state index contributed by atoms with van der Waals surface area (Å²) >= 11 is 0. The van der Waals surface area contributed by atoms with Crippen LogP contribution in [0, 0.1) is 5.92 Å². The molecule has 0 saturated heterocycles. The molecule has 0 aliphatic carbocycles. The highest BCUT2D eigenvalue weighted by atomic mass is 16.6. The number of hydrogen-bond acceptors (Lipinski definition) is 5. The maximum Gasteiger partial charge on any atom is 0.408 e. The predicted octanol–water partition coefficient (Wildman–Crippen LogP) is 2.71. The average molecular weight is 268 g/mol. The van der Waals surface area contributed by atoms with E-state index in [4.69, 9.17) is 9.15 Å². The van der Waals surface area contributed by atoms with Gasteiger partial charge in [0, 0.05) is 0 Å². The van der Waals surface area contributed by atoms with Crippen LogP contribution in [0.15, 0.2) is 10.6 Å². The minimum Gasteiger partial charge on any atom is -0.444 e. The highest BCUT2D eigenvalue weighted by Crippen LogP contribution is 2.21. The molecule has 6 heteroatoms. The summed E-state index contributed by atoms with van der Waals surface area (Å²) in [6.45, 7) is 9.17. The van der Waals surface area contributed by atoms with E-state index < -0.39 is 17.7 Å². The molecular weight excluding hydrogens is 248 g/mol. The van der Waals surface area contributed by atoms with Gasteiger partial charge in [0.15, 0.2) is 12.0 Å². The maximum absolute atomic E-state index is 11.8. The average Bonchev–Trinajstić information content (AvgIpc) is 2.71. The quantitative estimate of drug-likeness (QED) is 0.849. The van der Waals surface area contributed by atoms with Crippen LogP contribution in [-0.2, 0) is 4.74 Å². The van der Waals surface area contributed by atoms with Crippen molar-refractivity contribution in [3.63, 3.8) is 0 Å². The fourth-order valence-corrected chi connectivity index (χ4v) is 1.45. The van der Waals surface area contributed by atoms with Crippen LogP contribution in [0.2, 0.25) is 0 Å². The molecule has 0 bridgehead atoms. The number of aromatic nitrogens is 1. The first-order valence-corrected chi connectivity index (χ1v) is 6.13. The van der Waals surface area contributed by atoms with Crippen molar-refractivity contribution in [1.29, 1.82) is 0 Å². The minimum atomic E-state index is -0.573. The second-order valence-corrected chi connectivity index (χ2v) is 5.59. The third-order valence-corrected chi connectivity index (χ3v) is 2.26. The normalized spacial score (nSPS) is 13.2. The maximum atomic E-state index is 11.8. The van der Waals surface area contributed by atoms with Gasteiger partial charge in [-0.1, -0.05) is 13.8 Å². The summed E-state index contributed by atoms with van der Waals surface area (Å²) in [7, 11) is 0. The molecule has 1 amide bonds. The molecule has 0 radical (unpaired) electrons. The number of nitrogens with zero attached hydrogens (tertiary/aromatic N) is 1.